The number of halogens is 2. The maximum atomic E-state index is 15.3. The number of amides is 4. The van der Waals surface area contributed by atoms with Crippen molar-refractivity contribution in [3.63, 3.8) is 0 Å². The highest BCUT2D eigenvalue weighted by Crippen LogP contribution is 2.42. The molecule has 0 bridgehead atoms. The molecule has 0 spiro atoms. The van der Waals surface area contributed by atoms with Crippen molar-refractivity contribution in [1.82, 2.24) is 20.5 Å². The van der Waals surface area contributed by atoms with Crippen molar-refractivity contribution in [2.45, 2.75) is 56.8 Å². The molecular weight excluding hydrogens is 518 g/mol. The molecule has 1 aliphatic carbocycles. The molecule has 0 unspecified atom stereocenters. The standard InChI is InChI=1S/C26H22F2N4O5S/c27-15-7-17(23-19(8-15)38-11-30-23)14-5-16(6-14)37-26(36)29-9-12-1-2-13-10-32(25(35)21(13)22(12)28)18-3-4-20(33)31-24(18)34/h1-2,7-8,11,14,16,18H,3-6,9-10H2,(H,29,36)(H,31,33,34)/t14?,16?,18-/m0/s1. The molecule has 3 aliphatic rings. The fraction of sp³-hybridized carbons (Fsp3) is 0.346. The van der Waals surface area contributed by atoms with Gasteiger partial charge in [-0.2, -0.15) is 0 Å². The topological polar surface area (TPSA) is 118 Å². The molecule has 3 aromatic rings. The Labute approximate surface area is 219 Å². The van der Waals surface area contributed by atoms with Gasteiger partial charge in [0.15, 0.2) is 0 Å². The smallest absolute Gasteiger partial charge is 0.407 e. The van der Waals surface area contributed by atoms with Crippen LogP contribution in [0.5, 0.6) is 0 Å². The van der Waals surface area contributed by atoms with Crippen LogP contribution in [-0.2, 0) is 27.4 Å². The number of nitrogens with one attached hydrogen (secondary N) is 2. The van der Waals surface area contributed by atoms with Crippen molar-refractivity contribution in [2.75, 3.05) is 0 Å². The quantitative estimate of drug-likeness (QED) is 0.479. The van der Waals surface area contributed by atoms with Gasteiger partial charge < -0.3 is 15.0 Å². The van der Waals surface area contributed by atoms with Crippen LogP contribution in [0.25, 0.3) is 10.2 Å². The molecule has 1 saturated heterocycles. The van der Waals surface area contributed by atoms with Crippen molar-refractivity contribution in [3.8, 4) is 0 Å². The van der Waals surface area contributed by atoms with Gasteiger partial charge in [0.2, 0.25) is 11.8 Å². The van der Waals surface area contributed by atoms with Crippen LogP contribution in [0.3, 0.4) is 0 Å². The number of rotatable bonds is 5. The Bertz CT molecular complexity index is 1500. The lowest BCUT2D eigenvalue weighted by Gasteiger charge is -2.35. The number of carbonyl (C=O) groups excluding carboxylic acids is 4. The lowest BCUT2D eigenvalue weighted by Crippen LogP contribution is -2.52. The van der Waals surface area contributed by atoms with Gasteiger partial charge in [0.1, 0.15) is 23.8 Å². The van der Waals surface area contributed by atoms with E-state index in [1.54, 1.807) is 11.6 Å². The summed E-state index contributed by atoms with van der Waals surface area (Å²) in [5.41, 5.74) is 3.66. The van der Waals surface area contributed by atoms with E-state index in [0.717, 1.165) is 15.8 Å². The Morgan fingerprint density at radius 3 is 2.82 bits per heavy atom. The summed E-state index contributed by atoms with van der Waals surface area (Å²) < 4.78 is 35.4. The largest absolute Gasteiger partial charge is 0.446 e. The van der Waals surface area contributed by atoms with Crippen molar-refractivity contribution in [3.05, 3.63) is 63.7 Å². The second-order valence-corrected chi connectivity index (χ2v) is 10.6. The van der Waals surface area contributed by atoms with Crippen molar-refractivity contribution in [1.29, 1.82) is 0 Å². The van der Waals surface area contributed by atoms with Crippen molar-refractivity contribution < 1.29 is 32.7 Å². The monoisotopic (exact) mass is 540 g/mol. The van der Waals surface area contributed by atoms with Gasteiger partial charge in [0, 0.05) is 25.1 Å². The predicted molar refractivity (Wildman–Crippen MR) is 131 cm³/mol. The Hall–Kier alpha value is -3.93. The molecule has 3 heterocycles. The average Bonchev–Trinajstić information content (AvgIpc) is 3.45. The number of aromatic nitrogens is 1. The molecule has 6 rings (SSSR count). The first-order chi connectivity index (χ1) is 18.3. The summed E-state index contributed by atoms with van der Waals surface area (Å²) in [5.74, 6) is -2.65. The van der Waals surface area contributed by atoms with E-state index in [9.17, 15) is 23.6 Å². The predicted octanol–water partition coefficient (Wildman–Crippen LogP) is 3.51. The van der Waals surface area contributed by atoms with Crippen LogP contribution in [0.2, 0.25) is 0 Å². The van der Waals surface area contributed by atoms with E-state index in [1.807, 2.05) is 0 Å². The van der Waals surface area contributed by atoms with E-state index >= 15 is 4.39 Å². The summed E-state index contributed by atoms with van der Waals surface area (Å²) in [6, 6.07) is 5.17. The van der Waals surface area contributed by atoms with Gasteiger partial charge in [0.05, 0.1) is 21.3 Å². The summed E-state index contributed by atoms with van der Waals surface area (Å²) in [5, 5.41) is 4.73. The third-order valence-corrected chi connectivity index (χ3v) is 8.15. The van der Waals surface area contributed by atoms with Crippen LogP contribution in [0.15, 0.2) is 29.8 Å². The number of imide groups is 1. The zero-order chi connectivity index (χ0) is 26.6. The Balaban J connectivity index is 1.05. The number of alkyl carbamates (subject to hydrolysis) is 1. The fourth-order valence-electron chi connectivity index (χ4n) is 5.33. The minimum Gasteiger partial charge on any atom is -0.446 e. The SMILES string of the molecule is O=C1CC[C@H](N2Cc3ccc(CNC(=O)OC4CC(c5cc(F)cc6scnc56)C4)c(F)c3C2=O)C(=O)N1. The number of ether oxygens (including phenoxy) is 1. The van der Waals surface area contributed by atoms with Gasteiger partial charge in [0.25, 0.3) is 5.91 Å². The molecule has 2 fully saturated rings. The number of nitrogens with zero attached hydrogens (tertiary/aromatic N) is 2. The third-order valence-electron chi connectivity index (χ3n) is 7.37. The molecule has 0 radical (unpaired) electrons. The van der Waals surface area contributed by atoms with E-state index in [4.69, 9.17) is 4.74 Å². The van der Waals surface area contributed by atoms with Crippen LogP contribution in [0, 0.1) is 11.6 Å². The van der Waals surface area contributed by atoms with Crippen LogP contribution < -0.4 is 10.6 Å². The molecule has 38 heavy (non-hydrogen) atoms. The number of piperidine rings is 1. The number of hydrogen-bond acceptors (Lipinski definition) is 7. The Morgan fingerprint density at radius 2 is 2.03 bits per heavy atom. The van der Waals surface area contributed by atoms with Gasteiger partial charge in [-0.3, -0.25) is 19.7 Å². The molecule has 9 nitrogen and oxygen atoms in total. The fourth-order valence-corrected chi connectivity index (χ4v) is 6.07. The minimum absolute atomic E-state index is 0.0283. The molecule has 1 saturated carbocycles. The van der Waals surface area contributed by atoms with Gasteiger partial charge in [-0.05, 0) is 48.4 Å². The molecule has 4 amide bonds. The second-order valence-electron chi connectivity index (χ2n) is 9.72. The summed E-state index contributed by atoms with van der Waals surface area (Å²) in [7, 11) is 0. The maximum Gasteiger partial charge on any atom is 0.407 e. The lowest BCUT2D eigenvalue weighted by atomic mass is 9.77. The Morgan fingerprint density at radius 1 is 1.21 bits per heavy atom. The number of fused-ring (bicyclic) bond motifs is 2. The average molecular weight is 541 g/mol. The maximum absolute atomic E-state index is 15.3. The lowest BCUT2D eigenvalue weighted by molar-refractivity contribution is -0.136. The number of benzene rings is 2. The molecule has 196 valence electrons. The highest BCUT2D eigenvalue weighted by Gasteiger charge is 2.41. The van der Waals surface area contributed by atoms with E-state index < -0.39 is 35.7 Å². The van der Waals surface area contributed by atoms with Crippen LogP contribution in [0.4, 0.5) is 13.6 Å². The minimum atomic E-state index is -0.839. The highest BCUT2D eigenvalue weighted by molar-refractivity contribution is 7.16. The first kappa shape index (κ1) is 24.4. The van der Waals surface area contributed by atoms with Crippen molar-refractivity contribution in [2.24, 2.45) is 0 Å². The molecule has 1 atom stereocenters. The molecule has 2 N–H and O–H groups in total. The molecule has 2 aliphatic heterocycles. The van der Waals surface area contributed by atoms with Gasteiger partial charge in [-0.25, -0.2) is 18.6 Å². The first-order valence-electron chi connectivity index (χ1n) is 12.2. The molecular formula is C26H22F2N4O5S. The van der Waals surface area contributed by atoms with Crippen LogP contribution in [-0.4, -0.2) is 45.8 Å². The molecule has 2 aromatic carbocycles. The summed E-state index contributed by atoms with van der Waals surface area (Å²) in [4.78, 5) is 54.5. The van der Waals surface area contributed by atoms with E-state index in [0.29, 0.717) is 18.4 Å². The zero-order valence-electron chi connectivity index (χ0n) is 20.0. The van der Waals surface area contributed by atoms with Gasteiger partial charge in [-0.1, -0.05) is 12.1 Å². The molecule has 12 heteroatoms. The summed E-state index contributed by atoms with van der Waals surface area (Å²) >= 11 is 1.37. The van der Waals surface area contributed by atoms with E-state index in [2.05, 4.69) is 15.6 Å². The molecule has 1 aromatic heterocycles. The van der Waals surface area contributed by atoms with Crippen LogP contribution in [0.1, 0.15) is 58.6 Å². The summed E-state index contributed by atoms with van der Waals surface area (Å²) in [6.45, 7) is -0.127. The van der Waals surface area contributed by atoms with Crippen molar-refractivity contribution >= 4 is 45.4 Å². The Kier molecular flexibility index (Phi) is 6.05. The first-order valence-corrected chi connectivity index (χ1v) is 13.1. The number of thiazole rings is 1. The summed E-state index contributed by atoms with van der Waals surface area (Å²) in [6.07, 6.45) is 0.272. The van der Waals surface area contributed by atoms with Gasteiger partial charge >= 0.3 is 6.09 Å². The normalized spacial score (nSPS) is 22.7. The second kappa shape index (κ2) is 9.43. The van der Waals surface area contributed by atoms with Gasteiger partial charge in [-0.15, -0.1) is 11.3 Å². The van der Waals surface area contributed by atoms with E-state index in [-0.39, 0.29) is 54.9 Å². The third kappa shape index (κ3) is 4.28. The number of carbonyl (C=O) groups is 4. The van der Waals surface area contributed by atoms with Crippen LogP contribution >= 0.6 is 11.3 Å². The highest BCUT2D eigenvalue weighted by atomic mass is 32.1. The van der Waals surface area contributed by atoms with E-state index in [1.165, 1.54) is 34.4 Å². The number of hydrogen-bond donors (Lipinski definition) is 2. The zero-order valence-corrected chi connectivity index (χ0v) is 20.8.